The van der Waals surface area contributed by atoms with E-state index in [0.717, 1.165) is 41.2 Å². The normalized spacial score (nSPS) is 14.4. The lowest BCUT2D eigenvalue weighted by Gasteiger charge is -2.15. The monoisotopic (exact) mass is 465 g/mol. The molecule has 8 nitrogen and oxygen atoms in total. The predicted molar refractivity (Wildman–Crippen MR) is 128 cm³/mol. The second-order valence-corrected chi connectivity index (χ2v) is 9.03. The highest BCUT2D eigenvalue weighted by atomic mass is 32.1. The minimum Gasteiger partial charge on any atom is -0.389 e. The summed E-state index contributed by atoms with van der Waals surface area (Å²) in [5, 5.41) is 15.9. The molecule has 1 fully saturated rings. The van der Waals surface area contributed by atoms with Gasteiger partial charge in [0, 0.05) is 37.9 Å². The summed E-state index contributed by atoms with van der Waals surface area (Å²) in [7, 11) is 0. The third kappa shape index (κ3) is 5.94. The van der Waals surface area contributed by atoms with Crippen LogP contribution >= 0.6 is 11.3 Å². The van der Waals surface area contributed by atoms with Gasteiger partial charge in [-0.2, -0.15) is 0 Å². The standard InChI is InChI=1S/C24H27N5O3S/c1-16(30)17-5-2-6-18(15-17)27-24-26-12-10-19(28-24)20-8-9-21(33-20)23(32)25-11-4-14-29-13-3-7-22(29)31/h2,5-6,8-10,12,15-16,30H,3-4,7,11,13-14H2,1H3,(H,25,32)(H,26,27,28). The van der Waals surface area contributed by atoms with Crippen LogP contribution in [0.5, 0.6) is 0 Å². The summed E-state index contributed by atoms with van der Waals surface area (Å²) < 4.78 is 0. The molecule has 1 saturated heterocycles. The van der Waals surface area contributed by atoms with Gasteiger partial charge in [-0.15, -0.1) is 11.3 Å². The van der Waals surface area contributed by atoms with Gasteiger partial charge in [0.1, 0.15) is 0 Å². The van der Waals surface area contributed by atoms with Crippen LogP contribution in [0, 0.1) is 0 Å². The Labute approximate surface area is 196 Å². The average molecular weight is 466 g/mol. The number of amides is 2. The van der Waals surface area contributed by atoms with Crippen LogP contribution < -0.4 is 10.6 Å². The molecule has 0 radical (unpaired) electrons. The number of carbonyl (C=O) groups excluding carboxylic acids is 2. The van der Waals surface area contributed by atoms with Crippen molar-refractivity contribution in [2.75, 3.05) is 25.0 Å². The second-order valence-electron chi connectivity index (χ2n) is 7.95. The molecule has 1 unspecified atom stereocenters. The minimum absolute atomic E-state index is 0.124. The topological polar surface area (TPSA) is 107 Å². The number of aliphatic hydroxyl groups excluding tert-OH is 1. The summed E-state index contributed by atoms with van der Waals surface area (Å²) in [5.74, 6) is 0.519. The average Bonchev–Trinajstić information content (AvgIpc) is 3.46. The fourth-order valence-electron chi connectivity index (χ4n) is 3.66. The van der Waals surface area contributed by atoms with Crippen LogP contribution in [-0.4, -0.2) is 51.4 Å². The van der Waals surface area contributed by atoms with E-state index in [1.54, 1.807) is 25.3 Å². The van der Waals surface area contributed by atoms with E-state index in [4.69, 9.17) is 0 Å². The van der Waals surface area contributed by atoms with Crippen molar-refractivity contribution in [1.29, 1.82) is 0 Å². The molecule has 3 aromatic rings. The number of nitrogens with zero attached hydrogens (tertiary/aromatic N) is 3. The van der Waals surface area contributed by atoms with Crippen molar-refractivity contribution in [3.8, 4) is 10.6 Å². The lowest BCUT2D eigenvalue weighted by molar-refractivity contribution is -0.127. The Hall–Kier alpha value is -3.30. The number of rotatable bonds is 9. The number of hydrogen-bond donors (Lipinski definition) is 3. The van der Waals surface area contributed by atoms with Crippen molar-refractivity contribution in [3.63, 3.8) is 0 Å². The van der Waals surface area contributed by atoms with Crippen molar-refractivity contribution in [1.82, 2.24) is 20.2 Å². The van der Waals surface area contributed by atoms with Crippen LogP contribution in [0.1, 0.15) is 47.5 Å². The first kappa shape index (κ1) is 22.9. The number of hydrogen-bond acceptors (Lipinski definition) is 7. The molecule has 1 aliphatic heterocycles. The van der Waals surface area contributed by atoms with Gasteiger partial charge in [-0.1, -0.05) is 12.1 Å². The molecule has 3 heterocycles. The molecule has 1 aliphatic rings. The Morgan fingerprint density at radius 3 is 2.94 bits per heavy atom. The summed E-state index contributed by atoms with van der Waals surface area (Å²) in [6.45, 7) is 3.76. The molecule has 0 spiro atoms. The molecule has 0 bridgehead atoms. The highest BCUT2D eigenvalue weighted by Gasteiger charge is 2.19. The Morgan fingerprint density at radius 2 is 2.15 bits per heavy atom. The van der Waals surface area contributed by atoms with Crippen molar-refractivity contribution >= 4 is 34.8 Å². The SMILES string of the molecule is CC(O)c1cccc(Nc2nccc(-c3ccc(C(=O)NCCCN4CCCC4=O)s3)n2)c1. The van der Waals surface area contributed by atoms with Gasteiger partial charge in [-0.25, -0.2) is 9.97 Å². The predicted octanol–water partition coefficient (Wildman–Crippen LogP) is 3.74. The number of carbonyl (C=O) groups is 2. The smallest absolute Gasteiger partial charge is 0.261 e. The molecule has 4 rings (SSSR count). The van der Waals surface area contributed by atoms with E-state index in [9.17, 15) is 14.7 Å². The molecule has 3 N–H and O–H groups in total. The zero-order chi connectivity index (χ0) is 23.2. The Morgan fingerprint density at radius 1 is 1.27 bits per heavy atom. The van der Waals surface area contributed by atoms with Crippen LogP contribution in [-0.2, 0) is 4.79 Å². The molecule has 33 heavy (non-hydrogen) atoms. The van der Waals surface area contributed by atoms with Crippen LogP contribution in [0.25, 0.3) is 10.6 Å². The summed E-state index contributed by atoms with van der Waals surface area (Å²) in [4.78, 5) is 36.3. The first-order chi connectivity index (χ1) is 16.0. The maximum absolute atomic E-state index is 12.5. The molecule has 2 aromatic heterocycles. The number of nitrogens with one attached hydrogen (secondary N) is 2. The van der Waals surface area contributed by atoms with E-state index in [-0.39, 0.29) is 11.8 Å². The van der Waals surface area contributed by atoms with Gasteiger partial charge in [-0.3, -0.25) is 9.59 Å². The highest BCUT2D eigenvalue weighted by Crippen LogP contribution is 2.28. The van der Waals surface area contributed by atoms with Crippen molar-refractivity contribution in [2.45, 2.75) is 32.3 Å². The zero-order valence-electron chi connectivity index (χ0n) is 18.5. The van der Waals surface area contributed by atoms with E-state index in [2.05, 4.69) is 20.6 Å². The maximum atomic E-state index is 12.5. The summed E-state index contributed by atoms with van der Waals surface area (Å²) in [6, 6.07) is 12.9. The zero-order valence-corrected chi connectivity index (χ0v) is 19.3. The number of anilines is 2. The molecule has 1 aromatic carbocycles. The first-order valence-electron chi connectivity index (χ1n) is 11.0. The van der Waals surface area contributed by atoms with Gasteiger partial charge < -0.3 is 20.6 Å². The Balaban J connectivity index is 1.34. The molecule has 0 aliphatic carbocycles. The minimum atomic E-state index is -0.558. The Bertz CT molecular complexity index is 1130. The second kappa shape index (κ2) is 10.5. The molecule has 0 saturated carbocycles. The molecule has 172 valence electrons. The van der Waals surface area contributed by atoms with Gasteiger partial charge >= 0.3 is 0 Å². The van der Waals surface area contributed by atoms with Crippen molar-refractivity contribution in [3.05, 3.63) is 59.1 Å². The molecular formula is C24H27N5O3S. The molecule has 1 atom stereocenters. The quantitative estimate of drug-likeness (QED) is 0.416. The first-order valence-corrected chi connectivity index (χ1v) is 11.9. The van der Waals surface area contributed by atoms with E-state index in [0.29, 0.717) is 30.3 Å². The van der Waals surface area contributed by atoms with Crippen LogP contribution in [0.4, 0.5) is 11.6 Å². The van der Waals surface area contributed by atoms with Gasteiger partial charge in [-0.05, 0) is 55.7 Å². The highest BCUT2D eigenvalue weighted by molar-refractivity contribution is 7.17. The van der Waals surface area contributed by atoms with Crippen LogP contribution in [0.3, 0.4) is 0 Å². The number of benzene rings is 1. The van der Waals surface area contributed by atoms with E-state index >= 15 is 0 Å². The number of aromatic nitrogens is 2. The van der Waals surface area contributed by atoms with Gasteiger partial charge in [0.15, 0.2) is 0 Å². The third-order valence-corrected chi connectivity index (χ3v) is 6.53. The van der Waals surface area contributed by atoms with Gasteiger partial charge in [0.05, 0.1) is 21.6 Å². The lowest BCUT2D eigenvalue weighted by Crippen LogP contribution is -2.30. The lowest BCUT2D eigenvalue weighted by atomic mass is 10.1. The third-order valence-electron chi connectivity index (χ3n) is 5.42. The largest absolute Gasteiger partial charge is 0.389 e. The van der Waals surface area contributed by atoms with Crippen LogP contribution in [0.15, 0.2) is 48.7 Å². The summed E-state index contributed by atoms with van der Waals surface area (Å²) >= 11 is 1.37. The number of thiophene rings is 1. The van der Waals surface area contributed by atoms with Crippen molar-refractivity contribution < 1.29 is 14.7 Å². The van der Waals surface area contributed by atoms with Gasteiger partial charge in [0.25, 0.3) is 5.91 Å². The maximum Gasteiger partial charge on any atom is 0.261 e. The number of aliphatic hydroxyl groups is 1. The summed E-state index contributed by atoms with van der Waals surface area (Å²) in [5.41, 5.74) is 2.31. The Kier molecular flexibility index (Phi) is 7.31. The summed E-state index contributed by atoms with van der Waals surface area (Å²) in [6.07, 6.45) is 3.42. The van der Waals surface area contributed by atoms with E-state index < -0.39 is 6.10 Å². The van der Waals surface area contributed by atoms with Crippen LogP contribution in [0.2, 0.25) is 0 Å². The van der Waals surface area contributed by atoms with E-state index in [1.165, 1.54) is 11.3 Å². The van der Waals surface area contributed by atoms with Crippen molar-refractivity contribution in [2.24, 2.45) is 0 Å². The van der Waals surface area contributed by atoms with E-state index in [1.807, 2.05) is 35.2 Å². The molecule has 2 amide bonds. The fourth-order valence-corrected chi connectivity index (χ4v) is 4.55. The number of likely N-dealkylation sites (tertiary alicyclic amines) is 1. The molecular weight excluding hydrogens is 438 g/mol. The fraction of sp³-hybridized carbons (Fsp3) is 0.333. The van der Waals surface area contributed by atoms with Gasteiger partial charge in [0.2, 0.25) is 11.9 Å². The molecule has 9 heteroatoms.